The Labute approximate surface area is 138 Å². The Kier molecular flexibility index (Phi) is 6.22. The molecule has 126 valence electrons. The molecule has 0 bridgehead atoms. The largest absolute Gasteiger partial charge is 0.370 e. The Morgan fingerprint density at radius 3 is 2.46 bits per heavy atom. The maximum atomic E-state index is 11.7. The number of carbonyl (C=O) groups is 1. The molecule has 0 aliphatic carbocycles. The molecule has 0 aliphatic rings. The van der Waals surface area contributed by atoms with Gasteiger partial charge in [-0.25, -0.2) is 0 Å². The molecule has 0 saturated carbocycles. The number of benzene rings is 1. The van der Waals surface area contributed by atoms with E-state index in [0.29, 0.717) is 23.2 Å². The minimum absolute atomic E-state index is 0.283. The molecule has 2 aromatic rings. The minimum atomic E-state index is -3.67. The summed E-state index contributed by atoms with van der Waals surface area (Å²) in [7, 11) is -3.67. The average Bonchev–Trinajstić information content (AvgIpc) is 2.93. The smallest absolute Gasteiger partial charge is 0.280 e. The van der Waals surface area contributed by atoms with Crippen LogP contribution in [0.25, 0.3) is 5.69 Å². The lowest BCUT2D eigenvalue weighted by Gasteiger charge is -2.05. The van der Waals surface area contributed by atoms with Crippen molar-refractivity contribution in [2.24, 2.45) is 16.5 Å². The fraction of sp³-hybridized carbons (Fsp3) is 0.0714. The highest BCUT2D eigenvalue weighted by molar-refractivity contribution is 7.85. The zero-order chi connectivity index (χ0) is 18.3. The van der Waals surface area contributed by atoms with E-state index in [2.05, 4.69) is 11.1 Å². The molecule has 1 aromatic carbocycles. The molecule has 0 spiro atoms. The maximum Gasteiger partial charge on any atom is 0.280 e. The Hall–Kier alpha value is -3.16. The molecule has 1 amide bonds. The summed E-state index contributed by atoms with van der Waals surface area (Å²) in [6, 6.07) is 12.2. The highest BCUT2D eigenvalue weighted by Gasteiger charge is 2.08. The number of aromatic nitrogens is 1. The van der Waals surface area contributed by atoms with Crippen molar-refractivity contribution in [3.63, 3.8) is 0 Å². The average molecular weight is 349 g/mol. The third-order valence-corrected chi connectivity index (χ3v) is 2.47. The second-order valence-electron chi connectivity index (χ2n) is 4.50. The van der Waals surface area contributed by atoms with Crippen LogP contribution in [0.5, 0.6) is 0 Å². The second-order valence-corrected chi connectivity index (χ2v) is 5.97. The van der Waals surface area contributed by atoms with E-state index in [-0.39, 0.29) is 5.96 Å². The predicted octanol–water partition coefficient (Wildman–Crippen LogP) is 0.267. The van der Waals surface area contributed by atoms with Crippen LogP contribution in [0.1, 0.15) is 16.1 Å². The highest BCUT2D eigenvalue weighted by Crippen LogP contribution is 2.14. The van der Waals surface area contributed by atoms with Gasteiger partial charge in [0.25, 0.3) is 16.0 Å². The van der Waals surface area contributed by atoms with Gasteiger partial charge in [-0.15, -0.1) is 0 Å². The van der Waals surface area contributed by atoms with Crippen molar-refractivity contribution >= 4 is 22.0 Å². The van der Waals surface area contributed by atoms with E-state index in [4.69, 9.17) is 21.3 Å². The molecule has 24 heavy (non-hydrogen) atoms. The molecule has 0 unspecified atom stereocenters. The Morgan fingerprint density at radius 1 is 1.29 bits per heavy atom. The molecule has 0 radical (unpaired) electrons. The predicted molar refractivity (Wildman–Crippen MR) is 88.1 cm³/mol. The Morgan fingerprint density at radius 2 is 1.92 bits per heavy atom. The van der Waals surface area contributed by atoms with Crippen molar-refractivity contribution in [2.45, 2.75) is 0 Å². The van der Waals surface area contributed by atoms with E-state index < -0.39 is 16.0 Å². The monoisotopic (exact) mass is 349 g/mol. The van der Waals surface area contributed by atoms with E-state index in [9.17, 15) is 13.2 Å². The first-order valence-corrected chi connectivity index (χ1v) is 8.21. The summed E-state index contributed by atoms with van der Waals surface area (Å²) in [5.41, 5.74) is 11.9. The SMILES string of the molecule is CS(=O)(=O)O.N#Cc1cccn1-c1cccc(C(=O)N=C(N)N)c1. The fourth-order valence-corrected chi connectivity index (χ4v) is 1.67. The zero-order valence-corrected chi connectivity index (χ0v) is 13.4. The van der Waals surface area contributed by atoms with Crippen molar-refractivity contribution in [1.29, 1.82) is 5.26 Å². The van der Waals surface area contributed by atoms with E-state index in [1.165, 1.54) is 0 Å². The molecular formula is C14H15N5O4S. The van der Waals surface area contributed by atoms with E-state index in [0.717, 1.165) is 0 Å². The van der Waals surface area contributed by atoms with Gasteiger partial charge in [-0.3, -0.25) is 9.35 Å². The van der Waals surface area contributed by atoms with E-state index in [1.807, 2.05) is 0 Å². The van der Waals surface area contributed by atoms with Gasteiger partial charge in [-0.2, -0.15) is 18.7 Å². The van der Waals surface area contributed by atoms with Gasteiger partial charge in [0.2, 0.25) is 0 Å². The van der Waals surface area contributed by atoms with Gasteiger partial charge in [0.05, 0.1) is 6.26 Å². The maximum absolute atomic E-state index is 11.7. The first-order chi connectivity index (χ1) is 11.1. The number of carbonyl (C=O) groups excluding carboxylic acids is 1. The molecule has 1 heterocycles. The van der Waals surface area contributed by atoms with Crippen LogP contribution in [0, 0.1) is 11.3 Å². The van der Waals surface area contributed by atoms with E-state index >= 15 is 0 Å². The summed E-state index contributed by atoms with van der Waals surface area (Å²) >= 11 is 0. The number of nitriles is 1. The number of hydrogen-bond acceptors (Lipinski definition) is 4. The summed E-state index contributed by atoms with van der Waals surface area (Å²) < 4.78 is 27.5. The number of hydrogen-bond donors (Lipinski definition) is 3. The standard InChI is InChI=1S/C13H11N5O.CH4O3S/c14-8-11-5-2-6-18(11)10-4-1-3-9(7-10)12(19)17-13(15)16;1-5(2,3)4/h1-7H,(H4,15,16,17,19);1H3,(H,2,3,4). The molecule has 2 rings (SSSR count). The lowest BCUT2D eigenvalue weighted by atomic mass is 10.2. The van der Waals surface area contributed by atoms with Crippen LogP contribution >= 0.6 is 0 Å². The zero-order valence-electron chi connectivity index (χ0n) is 12.6. The number of guanidine groups is 1. The third kappa shape index (κ3) is 6.30. The van der Waals surface area contributed by atoms with Crippen LogP contribution in [-0.4, -0.2) is 35.7 Å². The third-order valence-electron chi connectivity index (χ3n) is 2.47. The summed E-state index contributed by atoms with van der Waals surface area (Å²) in [5, 5.41) is 8.97. The van der Waals surface area contributed by atoms with E-state index in [1.54, 1.807) is 47.2 Å². The van der Waals surface area contributed by atoms with Crippen molar-refractivity contribution < 1.29 is 17.8 Å². The summed E-state index contributed by atoms with van der Waals surface area (Å²) in [4.78, 5) is 15.2. The Balaban J connectivity index is 0.000000505. The lowest BCUT2D eigenvalue weighted by molar-refractivity contribution is 0.100. The number of nitrogens with zero attached hydrogens (tertiary/aromatic N) is 3. The topological polar surface area (TPSA) is 165 Å². The fourth-order valence-electron chi connectivity index (χ4n) is 1.67. The summed E-state index contributed by atoms with van der Waals surface area (Å²) in [6.07, 6.45) is 2.45. The van der Waals surface area contributed by atoms with Crippen LogP contribution in [0.3, 0.4) is 0 Å². The van der Waals surface area contributed by atoms with Crippen LogP contribution in [-0.2, 0) is 10.1 Å². The van der Waals surface area contributed by atoms with Crippen LogP contribution < -0.4 is 11.5 Å². The summed E-state index contributed by atoms with van der Waals surface area (Å²) in [6.45, 7) is 0. The highest BCUT2D eigenvalue weighted by atomic mass is 32.2. The van der Waals surface area contributed by atoms with Crippen molar-refractivity contribution in [2.75, 3.05) is 6.26 Å². The molecule has 5 N–H and O–H groups in total. The van der Waals surface area contributed by atoms with Gasteiger partial charge in [0.1, 0.15) is 11.8 Å². The minimum Gasteiger partial charge on any atom is -0.370 e. The quantitative estimate of drug-likeness (QED) is 0.397. The van der Waals surface area contributed by atoms with Gasteiger partial charge in [0, 0.05) is 17.4 Å². The van der Waals surface area contributed by atoms with Crippen LogP contribution in [0.15, 0.2) is 47.6 Å². The van der Waals surface area contributed by atoms with Gasteiger partial charge in [0.15, 0.2) is 5.96 Å². The first kappa shape index (κ1) is 18.9. The van der Waals surface area contributed by atoms with Crippen molar-refractivity contribution in [1.82, 2.24) is 4.57 Å². The van der Waals surface area contributed by atoms with Crippen molar-refractivity contribution in [3.8, 4) is 11.8 Å². The number of nitrogens with two attached hydrogens (primary N) is 2. The van der Waals surface area contributed by atoms with Gasteiger partial charge in [-0.05, 0) is 30.3 Å². The molecular weight excluding hydrogens is 334 g/mol. The van der Waals surface area contributed by atoms with Crippen molar-refractivity contribution in [3.05, 3.63) is 53.9 Å². The molecule has 10 heteroatoms. The molecule has 0 saturated heterocycles. The number of rotatable bonds is 2. The normalized spacial score (nSPS) is 10.0. The Bertz CT molecular complexity index is 897. The van der Waals surface area contributed by atoms with Gasteiger partial charge >= 0.3 is 0 Å². The number of amides is 1. The lowest BCUT2D eigenvalue weighted by Crippen LogP contribution is -2.24. The molecule has 0 fully saturated rings. The molecule has 9 nitrogen and oxygen atoms in total. The van der Waals surface area contributed by atoms with Gasteiger partial charge in [-0.1, -0.05) is 6.07 Å². The van der Waals surface area contributed by atoms with Crippen LogP contribution in [0.2, 0.25) is 0 Å². The number of aliphatic imine (C=N–C) groups is 1. The molecule has 0 atom stereocenters. The van der Waals surface area contributed by atoms with Gasteiger partial charge < -0.3 is 16.0 Å². The summed E-state index contributed by atoms with van der Waals surface area (Å²) in [5.74, 6) is -0.804. The molecule has 0 aliphatic heterocycles. The first-order valence-electron chi connectivity index (χ1n) is 6.36. The molecule has 1 aromatic heterocycles. The second kappa shape index (κ2) is 7.91. The van der Waals surface area contributed by atoms with Crippen LogP contribution in [0.4, 0.5) is 0 Å².